The van der Waals surface area contributed by atoms with Crippen molar-refractivity contribution in [3.63, 3.8) is 0 Å². The highest BCUT2D eigenvalue weighted by Gasteiger charge is 2.30. The van der Waals surface area contributed by atoms with Crippen LogP contribution in [0.25, 0.3) is 16.1 Å². The third kappa shape index (κ3) is 3.51. The number of benzene rings is 2. The van der Waals surface area contributed by atoms with Gasteiger partial charge in [-0.3, -0.25) is 4.79 Å². The normalized spacial score (nSPS) is 15.2. The van der Waals surface area contributed by atoms with Gasteiger partial charge in [0, 0.05) is 36.6 Å². The fraction of sp³-hybridized carbons (Fsp3) is 0.259. The summed E-state index contributed by atoms with van der Waals surface area (Å²) in [6.45, 7) is 4.49. The van der Waals surface area contributed by atoms with Gasteiger partial charge in [0.2, 0.25) is 0 Å². The lowest BCUT2D eigenvalue weighted by atomic mass is 9.95. The standard InChI is InChI=1S/C27H25FN4OS/c1-18-25-23(32(29-18)20-7-3-2-4-8-20)12-11-19-17-24(34-26(19)25)27(33)31-15-13-30(14-16-31)22-10-6-5-9-21(22)28/h2-10,17H,11-16H2,1H3. The lowest BCUT2D eigenvalue weighted by Gasteiger charge is -2.36. The summed E-state index contributed by atoms with van der Waals surface area (Å²) in [4.78, 5) is 19.2. The number of carbonyl (C=O) groups is 1. The van der Waals surface area contributed by atoms with Gasteiger partial charge in [-0.25, -0.2) is 9.07 Å². The van der Waals surface area contributed by atoms with Gasteiger partial charge in [0.25, 0.3) is 5.91 Å². The second-order valence-electron chi connectivity index (χ2n) is 8.85. The molecule has 3 heterocycles. The number of carbonyl (C=O) groups excluding carboxylic acids is 1. The number of anilines is 1. The van der Waals surface area contributed by atoms with E-state index >= 15 is 0 Å². The largest absolute Gasteiger partial charge is 0.366 e. The van der Waals surface area contributed by atoms with E-state index in [9.17, 15) is 9.18 Å². The molecule has 172 valence electrons. The van der Waals surface area contributed by atoms with E-state index in [4.69, 9.17) is 5.10 Å². The topological polar surface area (TPSA) is 41.4 Å². The zero-order valence-electron chi connectivity index (χ0n) is 19.0. The lowest BCUT2D eigenvalue weighted by Crippen LogP contribution is -2.48. The Morgan fingerprint density at radius 2 is 1.71 bits per heavy atom. The van der Waals surface area contributed by atoms with Crippen LogP contribution in [0.3, 0.4) is 0 Å². The number of aromatic nitrogens is 2. The molecule has 0 bridgehead atoms. The molecule has 0 saturated carbocycles. The van der Waals surface area contributed by atoms with Gasteiger partial charge in [-0.05, 0) is 55.7 Å². The summed E-state index contributed by atoms with van der Waals surface area (Å²) in [7, 11) is 0. The molecule has 0 unspecified atom stereocenters. The van der Waals surface area contributed by atoms with Crippen molar-refractivity contribution in [2.75, 3.05) is 31.1 Å². The van der Waals surface area contributed by atoms with E-state index in [2.05, 4.69) is 29.8 Å². The third-order valence-electron chi connectivity index (χ3n) is 6.79. The van der Waals surface area contributed by atoms with Crippen LogP contribution in [0.2, 0.25) is 0 Å². The molecule has 1 fully saturated rings. The van der Waals surface area contributed by atoms with E-state index in [1.165, 1.54) is 27.8 Å². The highest BCUT2D eigenvalue weighted by Crippen LogP contribution is 2.42. The van der Waals surface area contributed by atoms with Crippen molar-refractivity contribution in [1.29, 1.82) is 0 Å². The van der Waals surface area contributed by atoms with Crippen molar-refractivity contribution in [1.82, 2.24) is 14.7 Å². The van der Waals surface area contributed by atoms with Crippen LogP contribution in [0.1, 0.15) is 26.6 Å². The van der Waals surface area contributed by atoms with E-state index in [0.29, 0.717) is 31.9 Å². The van der Waals surface area contributed by atoms with E-state index < -0.39 is 0 Å². The van der Waals surface area contributed by atoms with Crippen molar-refractivity contribution < 1.29 is 9.18 Å². The van der Waals surface area contributed by atoms with Gasteiger partial charge < -0.3 is 9.80 Å². The fourth-order valence-corrected chi connectivity index (χ4v) is 6.38. The SMILES string of the molecule is Cc1nn(-c2ccccc2)c2c1-c1sc(C(=O)N3CCN(c4ccccc4F)CC3)cc1CC2. The molecule has 2 aliphatic rings. The Morgan fingerprint density at radius 1 is 0.971 bits per heavy atom. The first-order chi connectivity index (χ1) is 16.6. The first-order valence-electron chi connectivity index (χ1n) is 11.7. The van der Waals surface area contributed by atoms with E-state index in [-0.39, 0.29) is 11.7 Å². The molecule has 0 radical (unpaired) electrons. The van der Waals surface area contributed by atoms with Gasteiger partial charge in [0.15, 0.2) is 0 Å². The van der Waals surface area contributed by atoms with Crippen LogP contribution < -0.4 is 4.90 Å². The summed E-state index contributed by atoms with van der Waals surface area (Å²) in [6.07, 6.45) is 1.81. The molecule has 1 saturated heterocycles. The van der Waals surface area contributed by atoms with Crippen LogP contribution in [0.5, 0.6) is 0 Å². The highest BCUT2D eigenvalue weighted by atomic mass is 32.1. The minimum absolute atomic E-state index is 0.0715. The minimum atomic E-state index is -0.213. The molecule has 7 heteroatoms. The summed E-state index contributed by atoms with van der Waals surface area (Å²) < 4.78 is 16.2. The molecule has 34 heavy (non-hydrogen) atoms. The zero-order chi connectivity index (χ0) is 23.2. The predicted octanol–water partition coefficient (Wildman–Crippen LogP) is 5.11. The Kier molecular flexibility index (Phi) is 5.21. The Hall–Kier alpha value is -3.45. The predicted molar refractivity (Wildman–Crippen MR) is 134 cm³/mol. The maximum Gasteiger partial charge on any atom is 0.264 e. The Morgan fingerprint density at radius 3 is 2.47 bits per heavy atom. The number of fused-ring (bicyclic) bond motifs is 3. The smallest absolute Gasteiger partial charge is 0.264 e. The summed E-state index contributed by atoms with van der Waals surface area (Å²) in [6, 6.07) is 19.1. The molecule has 6 rings (SSSR count). The summed E-state index contributed by atoms with van der Waals surface area (Å²) in [5.74, 6) is -0.141. The summed E-state index contributed by atoms with van der Waals surface area (Å²) in [5.41, 5.74) is 6.31. The maximum atomic E-state index is 14.2. The number of amides is 1. The molecule has 0 N–H and O–H groups in total. The van der Waals surface area contributed by atoms with Gasteiger partial charge in [-0.2, -0.15) is 5.10 Å². The number of hydrogen-bond donors (Lipinski definition) is 0. The molecule has 0 atom stereocenters. The lowest BCUT2D eigenvalue weighted by molar-refractivity contribution is 0.0751. The summed E-state index contributed by atoms with van der Waals surface area (Å²) in [5, 5.41) is 4.84. The van der Waals surface area contributed by atoms with Crippen molar-refractivity contribution >= 4 is 22.9 Å². The number of halogens is 1. The number of para-hydroxylation sites is 2. The Bertz CT molecular complexity index is 1370. The average molecular weight is 473 g/mol. The second kappa shape index (κ2) is 8.40. The summed E-state index contributed by atoms with van der Waals surface area (Å²) >= 11 is 1.58. The van der Waals surface area contributed by atoms with Crippen LogP contribution in [0.4, 0.5) is 10.1 Å². The molecule has 2 aromatic heterocycles. The number of rotatable bonds is 3. The van der Waals surface area contributed by atoms with Crippen molar-refractivity contribution in [3.8, 4) is 16.1 Å². The van der Waals surface area contributed by atoms with Crippen LogP contribution in [0.15, 0.2) is 60.7 Å². The molecular weight excluding hydrogens is 447 g/mol. The zero-order valence-corrected chi connectivity index (χ0v) is 19.8. The Labute approximate surface area is 202 Å². The quantitative estimate of drug-likeness (QED) is 0.416. The van der Waals surface area contributed by atoms with Gasteiger partial charge in [0.05, 0.1) is 27.6 Å². The van der Waals surface area contributed by atoms with Crippen molar-refractivity contribution in [2.45, 2.75) is 19.8 Å². The van der Waals surface area contributed by atoms with E-state index in [1.807, 2.05) is 34.1 Å². The number of nitrogens with zero attached hydrogens (tertiary/aromatic N) is 4. The van der Waals surface area contributed by atoms with E-state index in [1.54, 1.807) is 23.5 Å². The first-order valence-corrected chi connectivity index (χ1v) is 12.5. The number of aryl methyl sites for hydroxylation is 2. The number of thiophene rings is 1. The number of hydrogen-bond acceptors (Lipinski definition) is 4. The molecule has 1 aliphatic carbocycles. The van der Waals surface area contributed by atoms with E-state index in [0.717, 1.165) is 29.1 Å². The molecule has 2 aromatic carbocycles. The molecular formula is C27H25FN4OS. The molecule has 0 spiro atoms. The monoisotopic (exact) mass is 472 g/mol. The van der Waals surface area contributed by atoms with Crippen LogP contribution in [0, 0.1) is 12.7 Å². The average Bonchev–Trinajstić information content (AvgIpc) is 3.46. The molecule has 5 nitrogen and oxygen atoms in total. The van der Waals surface area contributed by atoms with Crippen LogP contribution in [-0.4, -0.2) is 46.8 Å². The number of piperazine rings is 1. The van der Waals surface area contributed by atoms with Crippen molar-refractivity contribution in [3.05, 3.63) is 88.3 Å². The van der Waals surface area contributed by atoms with Gasteiger partial charge >= 0.3 is 0 Å². The van der Waals surface area contributed by atoms with Crippen LogP contribution >= 0.6 is 11.3 Å². The highest BCUT2D eigenvalue weighted by molar-refractivity contribution is 7.17. The van der Waals surface area contributed by atoms with Crippen molar-refractivity contribution in [2.24, 2.45) is 0 Å². The molecule has 1 amide bonds. The first kappa shape index (κ1) is 21.1. The molecule has 1 aliphatic heterocycles. The fourth-order valence-electron chi connectivity index (χ4n) is 5.08. The van der Waals surface area contributed by atoms with Gasteiger partial charge in [0.1, 0.15) is 5.82 Å². The van der Waals surface area contributed by atoms with Gasteiger partial charge in [-0.1, -0.05) is 30.3 Å². The minimum Gasteiger partial charge on any atom is -0.366 e. The van der Waals surface area contributed by atoms with Gasteiger partial charge in [-0.15, -0.1) is 11.3 Å². The third-order valence-corrected chi connectivity index (χ3v) is 7.98. The molecule has 4 aromatic rings. The Balaban J connectivity index is 1.24. The maximum absolute atomic E-state index is 14.2. The van der Waals surface area contributed by atoms with Crippen LogP contribution in [-0.2, 0) is 12.8 Å². The second-order valence-corrected chi connectivity index (χ2v) is 9.90.